The van der Waals surface area contributed by atoms with Crippen LogP contribution in [0.25, 0.3) is 0 Å². The van der Waals surface area contributed by atoms with E-state index in [-0.39, 0.29) is 18.1 Å². The van der Waals surface area contributed by atoms with Gasteiger partial charge in [0, 0.05) is 18.6 Å². The maximum Gasteiger partial charge on any atom is 0.269 e. The van der Waals surface area contributed by atoms with Gasteiger partial charge in [-0.05, 0) is 12.0 Å². The number of hydrogen-bond donors (Lipinski definition) is 1. The van der Waals surface area contributed by atoms with Gasteiger partial charge in [0.15, 0.2) is 0 Å². The molecule has 0 aromatic heterocycles. The maximum absolute atomic E-state index is 11.6. The number of hydrogen-bond acceptors (Lipinski definition) is 4. The molecule has 0 unspecified atom stereocenters. The summed E-state index contributed by atoms with van der Waals surface area (Å²) in [6.07, 6.45) is 2.18. The Hall–Kier alpha value is -1.95. The quantitative estimate of drug-likeness (QED) is 0.362. The number of rotatable bonds is 6. The van der Waals surface area contributed by atoms with E-state index in [9.17, 15) is 14.9 Å². The Morgan fingerprint density at radius 2 is 2.00 bits per heavy atom. The van der Waals surface area contributed by atoms with Crippen molar-refractivity contribution in [1.29, 1.82) is 0 Å². The van der Waals surface area contributed by atoms with E-state index >= 15 is 0 Å². The van der Waals surface area contributed by atoms with E-state index in [0.29, 0.717) is 6.42 Å². The van der Waals surface area contributed by atoms with Gasteiger partial charge in [-0.15, -0.1) is 0 Å². The van der Waals surface area contributed by atoms with Crippen LogP contribution in [-0.4, -0.2) is 15.8 Å². The lowest BCUT2D eigenvalue weighted by Gasteiger charge is -2.16. The monoisotopic (exact) mass is 251 g/mol. The van der Waals surface area contributed by atoms with Crippen molar-refractivity contribution in [3.05, 3.63) is 39.9 Å². The fraction of sp³-hybridized carbons (Fsp3) is 0.417. The molecule has 0 saturated carbocycles. The predicted molar refractivity (Wildman–Crippen MR) is 67.4 cm³/mol. The molecule has 1 aromatic carbocycles. The molecule has 0 atom stereocenters. The number of nitro groups is 1. The number of carbonyl (C=O) groups excluding carboxylic acids is 1. The third-order valence-electron chi connectivity index (χ3n) is 2.56. The summed E-state index contributed by atoms with van der Waals surface area (Å²) in [6, 6.07) is 6.01. The molecule has 0 bridgehead atoms. The summed E-state index contributed by atoms with van der Waals surface area (Å²) in [5, 5.41) is 11.6. The first kappa shape index (κ1) is 14.1. The average molecular weight is 251 g/mol. The van der Waals surface area contributed by atoms with E-state index in [1.54, 1.807) is 12.1 Å². The van der Waals surface area contributed by atoms with Gasteiger partial charge in [0.1, 0.15) is 0 Å². The lowest BCUT2D eigenvalue weighted by atomic mass is 10.2. The summed E-state index contributed by atoms with van der Waals surface area (Å²) in [4.78, 5) is 21.6. The Kier molecular flexibility index (Phi) is 5.26. The van der Waals surface area contributed by atoms with Gasteiger partial charge in [-0.25, -0.2) is 5.84 Å². The molecule has 0 saturated heterocycles. The molecule has 0 aliphatic rings. The van der Waals surface area contributed by atoms with Crippen LogP contribution in [0.1, 0.15) is 31.7 Å². The third kappa shape index (κ3) is 4.14. The van der Waals surface area contributed by atoms with E-state index < -0.39 is 4.92 Å². The van der Waals surface area contributed by atoms with Crippen LogP contribution in [0.15, 0.2) is 24.3 Å². The topological polar surface area (TPSA) is 89.5 Å². The fourth-order valence-corrected chi connectivity index (χ4v) is 1.48. The molecule has 6 nitrogen and oxygen atoms in total. The van der Waals surface area contributed by atoms with Crippen molar-refractivity contribution in [3.63, 3.8) is 0 Å². The van der Waals surface area contributed by atoms with Crippen LogP contribution in [0, 0.1) is 10.1 Å². The number of hydrazine groups is 1. The number of amides is 1. The molecule has 2 N–H and O–H groups in total. The van der Waals surface area contributed by atoms with Crippen LogP contribution in [0.5, 0.6) is 0 Å². The summed E-state index contributed by atoms with van der Waals surface area (Å²) >= 11 is 0. The highest BCUT2D eigenvalue weighted by atomic mass is 16.6. The van der Waals surface area contributed by atoms with Gasteiger partial charge in [-0.3, -0.25) is 19.9 Å². The number of benzene rings is 1. The van der Waals surface area contributed by atoms with Crippen molar-refractivity contribution >= 4 is 11.6 Å². The lowest BCUT2D eigenvalue weighted by molar-refractivity contribution is -0.384. The van der Waals surface area contributed by atoms with Crippen LogP contribution in [-0.2, 0) is 11.3 Å². The molecule has 0 aliphatic heterocycles. The second-order valence-electron chi connectivity index (χ2n) is 4.05. The molecule has 6 heteroatoms. The van der Waals surface area contributed by atoms with E-state index in [0.717, 1.165) is 23.4 Å². The molecular formula is C12H17N3O3. The molecule has 1 amide bonds. The zero-order valence-electron chi connectivity index (χ0n) is 10.3. The van der Waals surface area contributed by atoms with Crippen molar-refractivity contribution in [2.45, 2.75) is 32.7 Å². The number of nitro benzene ring substituents is 1. The summed E-state index contributed by atoms with van der Waals surface area (Å²) in [7, 11) is 0. The third-order valence-corrected chi connectivity index (χ3v) is 2.56. The molecule has 0 aliphatic carbocycles. The normalized spacial score (nSPS) is 10.1. The zero-order valence-corrected chi connectivity index (χ0v) is 10.3. The van der Waals surface area contributed by atoms with Crippen LogP contribution in [0.2, 0.25) is 0 Å². The standard InChI is InChI=1S/C12H17N3O3/c1-2-3-4-12(16)14(13)9-10-5-7-11(8-6-10)15(17)18/h5-8H,2-4,9,13H2,1H3. The van der Waals surface area contributed by atoms with Crippen LogP contribution >= 0.6 is 0 Å². The lowest BCUT2D eigenvalue weighted by Crippen LogP contribution is -2.36. The van der Waals surface area contributed by atoms with Gasteiger partial charge < -0.3 is 0 Å². The number of nitrogens with two attached hydrogens (primary N) is 1. The van der Waals surface area contributed by atoms with Gasteiger partial charge >= 0.3 is 0 Å². The summed E-state index contributed by atoms with van der Waals surface area (Å²) in [6.45, 7) is 2.27. The molecular weight excluding hydrogens is 234 g/mol. The Morgan fingerprint density at radius 1 is 1.39 bits per heavy atom. The SMILES string of the molecule is CCCCC(=O)N(N)Cc1ccc([N+](=O)[O-])cc1. The first-order chi connectivity index (χ1) is 8.54. The minimum Gasteiger partial charge on any atom is -0.276 e. The van der Waals surface area contributed by atoms with E-state index in [1.807, 2.05) is 6.92 Å². The van der Waals surface area contributed by atoms with Crippen molar-refractivity contribution in [3.8, 4) is 0 Å². The van der Waals surface area contributed by atoms with Gasteiger partial charge in [-0.1, -0.05) is 25.5 Å². The highest BCUT2D eigenvalue weighted by molar-refractivity contribution is 5.75. The molecule has 0 heterocycles. The van der Waals surface area contributed by atoms with Crippen LogP contribution < -0.4 is 5.84 Å². The second kappa shape index (κ2) is 6.70. The van der Waals surface area contributed by atoms with Gasteiger partial charge in [0.05, 0.1) is 11.5 Å². The van der Waals surface area contributed by atoms with Crippen molar-refractivity contribution in [2.24, 2.45) is 5.84 Å². The second-order valence-corrected chi connectivity index (χ2v) is 4.05. The van der Waals surface area contributed by atoms with Crippen molar-refractivity contribution in [2.75, 3.05) is 0 Å². The Bertz CT molecular complexity index is 417. The molecule has 18 heavy (non-hydrogen) atoms. The largest absolute Gasteiger partial charge is 0.276 e. The highest BCUT2D eigenvalue weighted by Crippen LogP contribution is 2.13. The zero-order chi connectivity index (χ0) is 13.5. The highest BCUT2D eigenvalue weighted by Gasteiger charge is 2.10. The first-order valence-corrected chi connectivity index (χ1v) is 5.83. The van der Waals surface area contributed by atoms with E-state index in [1.165, 1.54) is 12.1 Å². The number of unbranched alkanes of at least 4 members (excludes halogenated alkanes) is 1. The molecule has 1 aromatic rings. The van der Waals surface area contributed by atoms with Gasteiger partial charge in [0.2, 0.25) is 5.91 Å². The minimum absolute atomic E-state index is 0.0274. The smallest absolute Gasteiger partial charge is 0.269 e. The average Bonchev–Trinajstić information content (AvgIpc) is 2.36. The summed E-state index contributed by atoms with van der Waals surface area (Å²) in [5.41, 5.74) is 0.799. The Labute approximate surface area is 106 Å². The number of nitrogens with zero attached hydrogens (tertiary/aromatic N) is 2. The Balaban J connectivity index is 2.56. The number of non-ortho nitro benzene ring substituents is 1. The van der Waals surface area contributed by atoms with Crippen LogP contribution in [0.4, 0.5) is 5.69 Å². The number of carbonyl (C=O) groups is 1. The van der Waals surface area contributed by atoms with Gasteiger partial charge in [0.25, 0.3) is 5.69 Å². The molecule has 0 fully saturated rings. The maximum atomic E-state index is 11.6. The molecule has 0 spiro atoms. The molecule has 0 radical (unpaired) electrons. The van der Waals surface area contributed by atoms with Crippen molar-refractivity contribution in [1.82, 2.24) is 5.01 Å². The molecule has 1 rings (SSSR count). The fourth-order valence-electron chi connectivity index (χ4n) is 1.48. The first-order valence-electron chi connectivity index (χ1n) is 5.83. The van der Waals surface area contributed by atoms with E-state index in [2.05, 4.69) is 0 Å². The Morgan fingerprint density at radius 3 is 2.50 bits per heavy atom. The van der Waals surface area contributed by atoms with Gasteiger partial charge in [-0.2, -0.15) is 0 Å². The predicted octanol–water partition coefficient (Wildman–Crippen LogP) is 1.99. The van der Waals surface area contributed by atoms with Crippen LogP contribution in [0.3, 0.4) is 0 Å². The minimum atomic E-state index is -0.462. The van der Waals surface area contributed by atoms with Crippen molar-refractivity contribution < 1.29 is 9.72 Å². The summed E-state index contributed by atoms with van der Waals surface area (Å²) < 4.78 is 0. The summed E-state index contributed by atoms with van der Waals surface area (Å²) in [5.74, 6) is 5.52. The molecule has 98 valence electrons. The van der Waals surface area contributed by atoms with E-state index in [4.69, 9.17) is 5.84 Å².